The molecule has 0 atom stereocenters. The van der Waals surface area contributed by atoms with Gasteiger partial charge in [-0.05, 0) is 12.8 Å². The number of rotatable bonds is 9. The molecule has 0 aromatic carbocycles. The topological polar surface area (TPSA) is 53.4 Å². The van der Waals surface area contributed by atoms with Crippen molar-refractivity contribution in [1.29, 1.82) is 0 Å². The van der Waals surface area contributed by atoms with Gasteiger partial charge in [0, 0.05) is 12.8 Å². The van der Waals surface area contributed by atoms with Gasteiger partial charge in [0.15, 0.2) is 6.29 Å². The average molecular weight is 254 g/mol. The highest BCUT2D eigenvalue weighted by Gasteiger charge is 2.14. The molecule has 0 aliphatic heterocycles. The first-order valence-corrected chi connectivity index (χ1v) is 6.38. The minimum Gasteiger partial charge on any atom is -0.382 e. The number of methoxy groups -OCH3 is 1. The Hall–Kier alpha value is -1.20. The summed E-state index contributed by atoms with van der Waals surface area (Å²) >= 11 is 0. The summed E-state index contributed by atoms with van der Waals surface area (Å²) in [6, 6.07) is 0. The summed E-state index contributed by atoms with van der Waals surface area (Å²) in [5, 5.41) is 4.46. The highest BCUT2D eigenvalue weighted by atomic mass is 16.5. The van der Waals surface area contributed by atoms with Gasteiger partial charge in [0.1, 0.15) is 0 Å². The molecule has 0 aliphatic rings. The van der Waals surface area contributed by atoms with Crippen molar-refractivity contribution in [1.82, 2.24) is 9.78 Å². The molecule has 1 heterocycles. The van der Waals surface area contributed by atoms with Gasteiger partial charge in [-0.1, -0.05) is 13.8 Å². The number of hydrogen-bond acceptors (Lipinski definition) is 4. The zero-order chi connectivity index (χ0) is 13.4. The Morgan fingerprint density at radius 1 is 1.22 bits per heavy atom. The van der Waals surface area contributed by atoms with Gasteiger partial charge in [-0.25, -0.2) is 0 Å². The van der Waals surface area contributed by atoms with Crippen LogP contribution in [0.15, 0.2) is 0 Å². The summed E-state index contributed by atoms with van der Waals surface area (Å²) in [6.45, 7) is 6.48. The van der Waals surface area contributed by atoms with Crippen molar-refractivity contribution in [2.75, 3.05) is 26.9 Å². The van der Waals surface area contributed by atoms with Gasteiger partial charge in [0.25, 0.3) is 0 Å². The molecule has 18 heavy (non-hydrogen) atoms. The standard InChI is InChI=1S/C13H22N2O3/c1-4-12-11(10-16)13(5-2)15(14-12)6-7-18-9-8-17-3/h10H,4-9H2,1-3H3. The second-order valence-corrected chi connectivity index (χ2v) is 3.96. The van der Waals surface area contributed by atoms with Crippen LogP contribution in [0.5, 0.6) is 0 Å². The number of ether oxygens (including phenoxy) is 2. The molecule has 0 aliphatic carbocycles. The van der Waals surface area contributed by atoms with Crippen molar-refractivity contribution < 1.29 is 14.3 Å². The third-order valence-electron chi connectivity index (χ3n) is 2.84. The number of hydrogen-bond donors (Lipinski definition) is 0. The van der Waals surface area contributed by atoms with Crippen molar-refractivity contribution in [3.05, 3.63) is 17.0 Å². The van der Waals surface area contributed by atoms with E-state index in [0.717, 1.165) is 36.1 Å². The molecule has 0 radical (unpaired) electrons. The first kappa shape index (κ1) is 14.9. The molecule has 0 unspecified atom stereocenters. The molecular weight excluding hydrogens is 232 g/mol. The summed E-state index contributed by atoms with van der Waals surface area (Å²) in [6.07, 6.45) is 2.49. The molecule has 1 aromatic heterocycles. The SMILES string of the molecule is CCc1nn(CCOCCOC)c(CC)c1C=O. The smallest absolute Gasteiger partial charge is 0.153 e. The van der Waals surface area contributed by atoms with Crippen LogP contribution in [-0.4, -0.2) is 43.0 Å². The zero-order valence-electron chi connectivity index (χ0n) is 11.4. The molecule has 5 heteroatoms. The van der Waals surface area contributed by atoms with Gasteiger partial charge in [-0.3, -0.25) is 9.48 Å². The predicted octanol–water partition coefficient (Wildman–Crippen LogP) is 1.48. The lowest BCUT2D eigenvalue weighted by molar-refractivity contribution is 0.0651. The minimum atomic E-state index is 0.583. The van der Waals surface area contributed by atoms with E-state index in [-0.39, 0.29) is 0 Å². The van der Waals surface area contributed by atoms with Crippen LogP contribution in [0.25, 0.3) is 0 Å². The fraction of sp³-hybridized carbons (Fsp3) is 0.692. The predicted molar refractivity (Wildman–Crippen MR) is 69.1 cm³/mol. The fourth-order valence-corrected chi connectivity index (χ4v) is 1.92. The first-order chi connectivity index (χ1) is 8.78. The monoisotopic (exact) mass is 254 g/mol. The molecule has 0 fully saturated rings. The van der Waals surface area contributed by atoms with Crippen LogP contribution < -0.4 is 0 Å². The first-order valence-electron chi connectivity index (χ1n) is 6.38. The summed E-state index contributed by atoms with van der Waals surface area (Å²) in [7, 11) is 1.65. The van der Waals surface area contributed by atoms with E-state index in [4.69, 9.17) is 9.47 Å². The van der Waals surface area contributed by atoms with Gasteiger partial charge in [0.2, 0.25) is 0 Å². The van der Waals surface area contributed by atoms with Gasteiger partial charge in [-0.15, -0.1) is 0 Å². The van der Waals surface area contributed by atoms with E-state index in [2.05, 4.69) is 5.10 Å². The van der Waals surface area contributed by atoms with Crippen LogP contribution in [0, 0.1) is 0 Å². The molecule has 0 saturated heterocycles. The van der Waals surface area contributed by atoms with E-state index >= 15 is 0 Å². The lowest BCUT2D eigenvalue weighted by Crippen LogP contribution is -2.12. The maximum atomic E-state index is 11.1. The van der Waals surface area contributed by atoms with Gasteiger partial charge >= 0.3 is 0 Å². The zero-order valence-corrected chi connectivity index (χ0v) is 11.4. The minimum absolute atomic E-state index is 0.583. The molecule has 0 amide bonds. The molecule has 1 aromatic rings. The summed E-state index contributed by atoms with van der Waals surface area (Å²) in [4.78, 5) is 11.1. The highest BCUT2D eigenvalue weighted by Crippen LogP contribution is 2.13. The van der Waals surface area contributed by atoms with Crippen molar-refractivity contribution in [2.45, 2.75) is 33.2 Å². The Bertz CT molecular complexity index is 375. The lowest BCUT2D eigenvalue weighted by Gasteiger charge is -2.07. The second-order valence-electron chi connectivity index (χ2n) is 3.96. The maximum Gasteiger partial charge on any atom is 0.153 e. The molecule has 5 nitrogen and oxygen atoms in total. The molecule has 1 rings (SSSR count). The van der Waals surface area contributed by atoms with E-state index in [0.29, 0.717) is 26.4 Å². The fourth-order valence-electron chi connectivity index (χ4n) is 1.92. The number of aryl methyl sites for hydroxylation is 1. The van der Waals surface area contributed by atoms with Crippen molar-refractivity contribution in [3.63, 3.8) is 0 Å². The van der Waals surface area contributed by atoms with Crippen LogP contribution in [0.3, 0.4) is 0 Å². The van der Waals surface area contributed by atoms with Crippen LogP contribution in [0.2, 0.25) is 0 Å². The Kier molecular flexibility index (Phi) is 6.60. The molecule has 0 N–H and O–H groups in total. The van der Waals surface area contributed by atoms with E-state index < -0.39 is 0 Å². The van der Waals surface area contributed by atoms with Crippen molar-refractivity contribution >= 4 is 6.29 Å². The quantitative estimate of drug-likeness (QED) is 0.495. The van der Waals surface area contributed by atoms with Gasteiger partial charge < -0.3 is 9.47 Å². The molecule has 0 spiro atoms. The Labute approximate surface area is 108 Å². The molecule has 0 bridgehead atoms. The van der Waals surface area contributed by atoms with E-state index in [1.165, 1.54) is 0 Å². The molecular formula is C13H22N2O3. The summed E-state index contributed by atoms with van der Waals surface area (Å²) in [5.41, 5.74) is 2.62. The highest BCUT2D eigenvalue weighted by molar-refractivity contribution is 5.78. The van der Waals surface area contributed by atoms with Gasteiger partial charge in [0.05, 0.1) is 37.6 Å². The molecule has 0 saturated carbocycles. The maximum absolute atomic E-state index is 11.1. The van der Waals surface area contributed by atoms with E-state index in [1.54, 1.807) is 7.11 Å². The number of carbonyl (C=O) groups is 1. The third kappa shape index (κ3) is 3.65. The number of nitrogens with zero attached hydrogens (tertiary/aromatic N) is 2. The van der Waals surface area contributed by atoms with Crippen LogP contribution in [0.4, 0.5) is 0 Å². The number of carbonyl (C=O) groups excluding carboxylic acids is 1. The number of aromatic nitrogens is 2. The number of aldehydes is 1. The normalized spacial score (nSPS) is 10.8. The van der Waals surface area contributed by atoms with Crippen molar-refractivity contribution in [3.8, 4) is 0 Å². The van der Waals surface area contributed by atoms with Crippen LogP contribution in [0.1, 0.15) is 35.6 Å². The van der Waals surface area contributed by atoms with Crippen LogP contribution >= 0.6 is 0 Å². The lowest BCUT2D eigenvalue weighted by atomic mass is 10.1. The van der Waals surface area contributed by atoms with E-state index in [1.807, 2.05) is 18.5 Å². The van der Waals surface area contributed by atoms with Crippen LogP contribution in [-0.2, 0) is 28.9 Å². The largest absolute Gasteiger partial charge is 0.382 e. The summed E-state index contributed by atoms with van der Waals surface area (Å²) in [5.74, 6) is 0. The summed E-state index contributed by atoms with van der Waals surface area (Å²) < 4.78 is 12.2. The van der Waals surface area contributed by atoms with Crippen molar-refractivity contribution in [2.24, 2.45) is 0 Å². The Morgan fingerprint density at radius 3 is 2.56 bits per heavy atom. The van der Waals surface area contributed by atoms with Gasteiger partial charge in [-0.2, -0.15) is 5.10 Å². The average Bonchev–Trinajstić information content (AvgIpc) is 2.75. The Balaban J connectivity index is 2.64. The van der Waals surface area contributed by atoms with E-state index in [9.17, 15) is 4.79 Å². The third-order valence-corrected chi connectivity index (χ3v) is 2.84. The second kappa shape index (κ2) is 8.00. The Morgan fingerprint density at radius 2 is 2.00 bits per heavy atom. The molecule has 102 valence electrons.